The molecular weight excluding hydrogens is 336 g/mol. The molecule has 1 fully saturated rings. The minimum absolute atomic E-state index is 0.801. The van der Waals surface area contributed by atoms with E-state index < -0.39 is 0 Å². The van der Waals surface area contributed by atoms with Gasteiger partial charge in [0.25, 0.3) is 0 Å². The summed E-state index contributed by atoms with van der Waals surface area (Å²) in [5, 5.41) is 0. The fourth-order valence-electron chi connectivity index (χ4n) is 4.12. The molecule has 5 nitrogen and oxygen atoms in total. The number of ether oxygens (including phenoxy) is 1. The number of aromatic amines is 1. The van der Waals surface area contributed by atoms with Crippen molar-refractivity contribution in [2.45, 2.75) is 25.8 Å². The fraction of sp³-hybridized carbons (Fsp3) is 0.364. The minimum Gasteiger partial charge on any atom is -0.379 e. The average molecular weight is 360 g/mol. The molecule has 2 aromatic heterocycles. The Kier molecular flexibility index (Phi) is 4.47. The van der Waals surface area contributed by atoms with E-state index in [1.54, 1.807) is 0 Å². The van der Waals surface area contributed by atoms with Crippen LogP contribution in [0.2, 0.25) is 0 Å². The summed E-state index contributed by atoms with van der Waals surface area (Å²) in [5.41, 5.74) is 7.42. The Morgan fingerprint density at radius 1 is 0.963 bits per heavy atom. The molecular formula is C22H24N4O. The van der Waals surface area contributed by atoms with Crippen molar-refractivity contribution >= 4 is 0 Å². The molecule has 27 heavy (non-hydrogen) atoms. The third-order valence-electron chi connectivity index (χ3n) is 5.57. The molecule has 2 aliphatic rings. The van der Waals surface area contributed by atoms with Crippen LogP contribution in [0.4, 0.5) is 0 Å². The Hall–Kier alpha value is -2.50. The molecule has 0 radical (unpaired) electrons. The normalized spacial score (nSPS) is 17.2. The van der Waals surface area contributed by atoms with Gasteiger partial charge in [-0.25, -0.2) is 4.98 Å². The van der Waals surface area contributed by atoms with Crippen molar-refractivity contribution in [3.05, 3.63) is 59.7 Å². The fourth-order valence-corrected chi connectivity index (χ4v) is 4.12. The number of aryl methyl sites for hydroxylation is 2. The van der Waals surface area contributed by atoms with Gasteiger partial charge in [-0.2, -0.15) is 0 Å². The van der Waals surface area contributed by atoms with Crippen LogP contribution in [0.3, 0.4) is 0 Å². The van der Waals surface area contributed by atoms with Gasteiger partial charge in [-0.05, 0) is 48.6 Å². The van der Waals surface area contributed by atoms with Crippen LogP contribution >= 0.6 is 0 Å². The number of morpholine rings is 1. The van der Waals surface area contributed by atoms with Crippen molar-refractivity contribution in [3.8, 4) is 22.5 Å². The van der Waals surface area contributed by atoms with Crippen LogP contribution < -0.4 is 0 Å². The number of H-pyrrole nitrogens is 1. The molecule has 0 saturated carbocycles. The second-order valence-electron chi connectivity index (χ2n) is 7.37. The first-order valence-electron chi connectivity index (χ1n) is 9.78. The Balaban J connectivity index is 1.54. The highest BCUT2D eigenvalue weighted by atomic mass is 16.5. The van der Waals surface area contributed by atoms with Gasteiger partial charge in [-0.3, -0.25) is 9.88 Å². The van der Waals surface area contributed by atoms with E-state index in [9.17, 15) is 0 Å². The maximum Gasteiger partial charge on any atom is 0.121 e. The van der Waals surface area contributed by atoms with Crippen LogP contribution in [0.5, 0.6) is 0 Å². The lowest BCUT2D eigenvalue weighted by Crippen LogP contribution is -2.35. The van der Waals surface area contributed by atoms with Crippen molar-refractivity contribution < 1.29 is 4.74 Å². The predicted octanol–water partition coefficient (Wildman–Crippen LogP) is 3.46. The van der Waals surface area contributed by atoms with Crippen LogP contribution in [-0.2, 0) is 24.1 Å². The molecule has 0 unspecified atom stereocenters. The average Bonchev–Trinajstić information content (AvgIpc) is 3.36. The first kappa shape index (κ1) is 16.7. The summed E-state index contributed by atoms with van der Waals surface area (Å²) in [6, 6.07) is 10.9. The van der Waals surface area contributed by atoms with Crippen LogP contribution in [0.15, 0.2) is 42.7 Å². The van der Waals surface area contributed by atoms with Crippen LogP contribution in [0, 0.1) is 0 Å². The zero-order valence-corrected chi connectivity index (χ0v) is 15.4. The Morgan fingerprint density at radius 2 is 1.78 bits per heavy atom. The van der Waals surface area contributed by atoms with E-state index in [0.717, 1.165) is 55.6 Å². The Morgan fingerprint density at radius 3 is 2.63 bits per heavy atom. The van der Waals surface area contributed by atoms with Gasteiger partial charge in [0, 0.05) is 36.6 Å². The summed E-state index contributed by atoms with van der Waals surface area (Å²) in [4.78, 5) is 15.2. The highest BCUT2D eigenvalue weighted by molar-refractivity contribution is 5.78. The highest BCUT2D eigenvalue weighted by Crippen LogP contribution is 2.33. The molecule has 1 saturated heterocycles. The third kappa shape index (κ3) is 3.40. The van der Waals surface area contributed by atoms with Gasteiger partial charge in [0.2, 0.25) is 0 Å². The standard InChI is InChI=1S/C22H24N4O/c1-2-16-4-5-19(14-18(16)3-1)22-21(17-6-8-23-9-7-17)24-20(25-22)15-26-10-12-27-13-11-26/h4-9,14H,1-3,10-13,15H2,(H,24,25). The molecule has 3 aromatic rings. The van der Waals surface area contributed by atoms with Gasteiger partial charge < -0.3 is 9.72 Å². The van der Waals surface area contributed by atoms with Crippen LogP contribution in [0.25, 0.3) is 22.5 Å². The minimum atomic E-state index is 0.801. The lowest BCUT2D eigenvalue weighted by molar-refractivity contribution is 0.0332. The smallest absolute Gasteiger partial charge is 0.121 e. The number of nitrogens with one attached hydrogen (secondary N) is 1. The maximum absolute atomic E-state index is 5.47. The van der Waals surface area contributed by atoms with E-state index in [1.807, 2.05) is 24.5 Å². The number of benzene rings is 1. The van der Waals surface area contributed by atoms with E-state index in [0.29, 0.717) is 0 Å². The second kappa shape index (κ2) is 7.25. The molecule has 5 rings (SSSR count). The molecule has 138 valence electrons. The van der Waals surface area contributed by atoms with E-state index in [2.05, 4.69) is 33.1 Å². The molecule has 1 aromatic carbocycles. The first-order chi connectivity index (χ1) is 13.4. The number of fused-ring (bicyclic) bond motifs is 1. The topological polar surface area (TPSA) is 54.0 Å². The van der Waals surface area contributed by atoms with Gasteiger partial charge in [-0.15, -0.1) is 0 Å². The van der Waals surface area contributed by atoms with Crippen LogP contribution in [-0.4, -0.2) is 46.2 Å². The molecule has 0 spiro atoms. The molecule has 0 atom stereocenters. The van der Waals surface area contributed by atoms with Gasteiger partial charge in [0.15, 0.2) is 0 Å². The van der Waals surface area contributed by atoms with Crippen molar-refractivity contribution in [1.29, 1.82) is 0 Å². The third-order valence-corrected chi connectivity index (χ3v) is 5.57. The Labute approximate surface area is 159 Å². The summed E-state index contributed by atoms with van der Waals surface area (Å²) in [7, 11) is 0. The number of rotatable bonds is 4. The lowest BCUT2D eigenvalue weighted by Gasteiger charge is -2.25. The number of nitrogens with zero attached hydrogens (tertiary/aromatic N) is 3. The van der Waals surface area contributed by atoms with Crippen LogP contribution in [0.1, 0.15) is 23.4 Å². The summed E-state index contributed by atoms with van der Waals surface area (Å²) in [5.74, 6) is 1.01. The van der Waals surface area contributed by atoms with Crippen molar-refractivity contribution in [2.24, 2.45) is 0 Å². The summed E-state index contributed by atoms with van der Waals surface area (Å²) < 4.78 is 5.47. The van der Waals surface area contributed by atoms with E-state index in [1.165, 1.54) is 36.0 Å². The SMILES string of the molecule is c1cc(-c2[nH]c(CN3CCOCC3)nc2-c2ccc3c(c2)CCC3)ccn1. The molecule has 1 N–H and O–H groups in total. The summed E-state index contributed by atoms with van der Waals surface area (Å²) in [6.45, 7) is 4.34. The van der Waals surface area contributed by atoms with E-state index >= 15 is 0 Å². The summed E-state index contributed by atoms with van der Waals surface area (Å²) >= 11 is 0. The number of imidazole rings is 1. The number of pyridine rings is 1. The molecule has 1 aliphatic carbocycles. The van der Waals surface area contributed by atoms with Gasteiger partial charge in [-0.1, -0.05) is 12.1 Å². The van der Waals surface area contributed by atoms with E-state index in [-0.39, 0.29) is 0 Å². The van der Waals surface area contributed by atoms with Crippen molar-refractivity contribution in [1.82, 2.24) is 19.9 Å². The van der Waals surface area contributed by atoms with Crippen molar-refractivity contribution in [3.63, 3.8) is 0 Å². The maximum atomic E-state index is 5.47. The number of hydrogen-bond donors (Lipinski definition) is 1. The molecule has 0 amide bonds. The highest BCUT2D eigenvalue weighted by Gasteiger charge is 2.19. The van der Waals surface area contributed by atoms with Crippen molar-refractivity contribution in [2.75, 3.05) is 26.3 Å². The van der Waals surface area contributed by atoms with Gasteiger partial charge in [0.1, 0.15) is 5.82 Å². The first-order valence-corrected chi connectivity index (χ1v) is 9.78. The second-order valence-corrected chi connectivity index (χ2v) is 7.37. The molecule has 1 aliphatic heterocycles. The monoisotopic (exact) mass is 360 g/mol. The Bertz CT molecular complexity index is 929. The molecule has 3 heterocycles. The van der Waals surface area contributed by atoms with Gasteiger partial charge >= 0.3 is 0 Å². The predicted molar refractivity (Wildman–Crippen MR) is 105 cm³/mol. The van der Waals surface area contributed by atoms with Gasteiger partial charge in [0.05, 0.1) is 31.1 Å². The largest absolute Gasteiger partial charge is 0.379 e. The number of hydrogen-bond acceptors (Lipinski definition) is 4. The summed E-state index contributed by atoms with van der Waals surface area (Å²) in [6.07, 6.45) is 7.32. The number of aromatic nitrogens is 3. The van der Waals surface area contributed by atoms with E-state index in [4.69, 9.17) is 9.72 Å². The zero-order chi connectivity index (χ0) is 18.1. The quantitative estimate of drug-likeness (QED) is 0.774. The molecule has 0 bridgehead atoms. The zero-order valence-electron chi connectivity index (χ0n) is 15.4. The molecule has 5 heteroatoms. The lowest BCUT2D eigenvalue weighted by atomic mass is 10.0.